The average Bonchev–Trinajstić information content (AvgIpc) is 3.00. The van der Waals surface area contributed by atoms with Gasteiger partial charge in [-0.05, 0) is 62.8 Å². The highest BCUT2D eigenvalue weighted by Gasteiger charge is 2.13. The highest BCUT2D eigenvalue weighted by molar-refractivity contribution is 5.92. The van der Waals surface area contributed by atoms with Gasteiger partial charge in [-0.2, -0.15) is 0 Å². The lowest BCUT2D eigenvalue weighted by Gasteiger charge is -2.08. The minimum Gasteiger partial charge on any atom is -0.381 e. The first-order chi connectivity index (χ1) is 17.8. The van der Waals surface area contributed by atoms with E-state index in [2.05, 4.69) is 9.78 Å². The van der Waals surface area contributed by atoms with Crippen LogP contribution in [-0.4, -0.2) is 38.4 Å². The molecule has 2 heterocycles. The summed E-state index contributed by atoms with van der Waals surface area (Å²) >= 11 is 0. The predicted molar refractivity (Wildman–Crippen MR) is 139 cm³/mol. The molecule has 0 bridgehead atoms. The van der Waals surface area contributed by atoms with E-state index >= 15 is 0 Å². The third-order valence-corrected chi connectivity index (χ3v) is 5.03. The third-order valence-electron chi connectivity index (χ3n) is 5.03. The van der Waals surface area contributed by atoms with E-state index in [1.54, 1.807) is 60.7 Å². The summed E-state index contributed by atoms with van der Waals surface area (Å²) in [5.74, 6) is -1.42. The highest BCUT2D eigenvalue weighted by atomic mass is 17.2. The van der Waals surface area contributed by atoms with Crippen LogP contribution in [0.2, 0.25) is 0 Å². The summed E-state index contributed by atoms with van der Waals surface area (Å²) in [6.07, 6.45) is 7.86. The molecule has 0 aliphatic carbocycles. The van der Waals surface area contributed by atoms with Gasteiger partial charge in [0.1, 0.15) is 0 Å². The Morgan fingerprint density at radius 1 is 0.444 bits per heavy atom. The zero-order valence-corrected chi connectivity index (χ0v) is 20.8. The molecule has 0 amide bonds. The molecule has 36 heavy (non-hydrogen) atoms. The second kappa shape index (κ2) is 19.8. The van der Waals surface area contributed by atoms with Crippen LogP contribution < -0.4 is 0 Å². The molecule has 0 aromatic heterocycles. The van der Waals surface area contributed by atoms with Crippen LogP contribution in [0.15, 0.2) is 97.1 Å². The molecule has 0 spiro atoms. The van der Waals surface area contributed by atoms with Gasteiger partial charge in [0.15, 0.2) is 0 Å². The number of hydrogen-bond acceptors (Lipinski definition) is 6. The lowest BCUT2D eigenvalue weighted by Crippen LogP contribution is -2.11. The van der Waals surface area contributed by atoms with Crippen LogP contribution in [0, 0.1) is 0 Å². The Labute approximate surface area is 214 Å². The van der Waals surface area contributed by atoms with Crippen molar-refractivity contribution in [2.24, 2.45) is 0 Å². The molecule has 0 atom stereocenters. The Kier molecular flexibility index (Phi) is 15.8. The van der Waals surface area contributed by atoms with Crippen LogP contribution >= 0.6 is 0 Å². The van der Waals surface area contributed by atoms with Crippen LogP contribution in [0.3, 0.4) is 0 Å². The maximum atomic E-state index is 11.5. The molecular formula is C30H36O6. The normalized spacial score (nSPS) is 14.1. The van der Waals surface area contributed by atoms with Gasteiger partial charge < -0.3 is 9.47 Å². The van der Waals surface area contributed by atoms with Gasteiger partial charge in [-0.1, -0.05) is 72.8 Å². The van der Waals surface area contributed by atoms with Crippen molar-refractivity contribution in [2.45, 2.75) is 38.5 Å². The van der Waals surface area contributed by atoms with E-state index in [1.165, 1.54) is 38.5 Å². The van der Waals surface area contributed by atoms with Crippen LogP contribution in [0.4, 0.5) is 0 Å². The molecule has 2 aliphatic rings. The summed E-state index contributed by atoms with van der Waals surface area (Å²) in [5, 5.41) is 0. The van der Waals surface area contributed by atoms with E-state index in [0.29, 0.717) is 11.1 Å². The van der Waals surface area contributed by atoms with E-state index in [0.717, 1.165) is 26.4 Å². The van der Waals surface area contributed by atoms with Gasteiger partial charge in [0.2, 0.25) is 0 Å². The SMILES string of the molecule is C1CCOCC1.C1CCOCC1.O=C(OOC(=O)c1ccccc1)c1ccccc1.c1ccccc1. The van der Waals surface area contributed by atoms with E-state index in [9.17, 15) is 9.59 Å². The Morgan fingerprint density at radius 3 is 0.944 bits per heavy atom. The summed E-state index contributed by atoms with van der Waals surface area (Å²) in [4.78, 5) is 31.9. The summed E-state index contributed by atoms with van der Waals surface area (Å²) in [5.41, 5.74) is 0.636. The lowest BCUT2D eigenvalue weighted by molar-refractivity contribution is -0.187. The predicted octanol–water partition coefficient (Wildman–Crippen LogP) is 6.68. The van der Waals surface area contributed by atoms with Crippen LogP contribution in [0.5, 0.6) is 0 Å². The van der Waals surface area contributed by atoms with Crippen LogP contribution in [-0.2, 0) is 19.2 Å². The molecule has 3 aromatic rings. The summed E-state index contributed by atoms with van der Waals surface area (Å²) in [7, 11) is 0. The lowest BCUT2D eigenvalue weighted by atomic mass is 10.2. The zero-order valence-electron chi connectivity index (χ0n) is 20.8. The molecule has 0 radical (unpaired) electrons. The molecule has 0 unspecified atom stereocenters. The average molecular weight is 493 g/mol. The minimum absolute atomic E-state index is 0.318. The summed E-state index contributed by atoms with van der Waals surface area (Å²) in [6, 6.07) is 28.6. The van der Waals surface area contributed by atoms with Crippen molar-refractivity contribution in [2.75, 3.05) is 26.4 Å². The van der Waals surface area contributed by atoms with Gasteiger partial charge in [0.05, 0.1) is 11.1 Å². The fourth-order valence-corrected chi connectivity index (χ4v) is 3.08. The van der Waals surface area contributed by atoms with Gasteiger partial charge in [-0.15, -0.1) is 0 Å². The van der Waals surface area contributed by atoms with Crippen molar-refractivity contribution in [3.8, 4) is 0 Å². The number of benzene rings is 3. The van der Waals surface area contributed by atoms with E-state index in [-0.39, 0.29) is 0 Å². The topological polar surface area (TPSA) is 71.1 Å². The molecule has 3 aromatic carbocycles. The van der Waals surface area contributed by atoms with Crippen molar-refractivity contribution in [3.63, 3.8) is 0 Å². The quantitative estimate of drug-likeness (QED) is 0.294. The number of carbonyl (C=O) groups is 2. The Hall–Kier alpha value is -3.48. The maximum absolute atomic E-state index is 11.5. The number of hydrogen-bond donors (Lipinski definition) is 0. The first-order valence-corrected chi connectivity index (χ1v) is 12.5. The molecule has 6 heteroatoms. The molecule has 2 saturated heterocycles. The van der Waals surface area contributed by atoms with Crippen LogP contribution in [0.1, 0.15) is 59.2 Å². The summed E-state index contributed by atoms with van der Waals surface area (Å²) in [6.45, 7) is 4.00. The Morgan fingerprint density at radius 2 is 0.722 bits per heavy atom. The van der Waals surface area contributed by atoms with Crippen molar-refractivity contribution >= 4 is 11.9 Å². The molecule has 192 valence electrons. The molecule has 2 aliphatic heterocycles. The first kappa shape index (κ1) is 28.8. The Bertz CT molecular complexity index is 810. The fourth-order valence-electron chi connectivity index (χ4n) is 3.08. The maximum Gasteiger partial charge on any atom is 0.386 e. The molecule has 0 N–H and O–H groups in total. The third kappa shape index (κ3) is 14.0. The highest BCUT2D eigenvalue weighted by Crippen LogP contribution is 2.05. The van der Waals surface area contributed by atoms with Gasteiger partial charge in [-0.3, -0.25) is 0 Å². The minimum atomic E-state index is -0.708. The van der Waals surface area contributed by atoms with Gasteiger partial charge in [0.25, 0.3) is 0 Å². The molecule has 5 rings (SSSR count). The number of rotatable bonds is 2. The van der Waals surface area contributed by atoms with Gasteiger partial charge in [0, 0.05) is 26.4 Å². The standard InChI is InChI=1S/C14H10O4.C6H6.2C5H10O/c15-13(11-7-3-1-4-8-11)17-18-14(16)12-9-5-2-6-10-12;3*1-2-4-6-5-3-1/h1-10H;1-6H;2*1-5H2. The van der Waals surface area contributed by atoms with Crippen molar-refractivity contribution in [3.05, 3.63) is 108 Å². The number of carbonyl (C=O) groups excluding carboxylic acids is 2. The Balaban J connectivity index is 0.000000204. The molecule has 0 saturated carbocycles. The van der Waals surface area contributed by atoms with Crippen molar-refractivity contribution in [1.29, 1.82) is 0 Å². The fraction of sp³-hybridized carbons (Fsp3) is 0.333. The van der Waals surface area contributed by atoms with Gasteiger partial charge in [-0.25, -0.2) is 19.4 Å². The van der Waals surface area contributed by atoms with Crippen molar-refractivity contribution < 1.29 is 28.8 Å². The largest absolute Gasteiger partial charge is 0.386 e. The molecule has 2 fully saturated rings. The van der Waals surface area contributed by atoms with E-state index in [4.69, 9.17) is 9.47 Å². The zero-order chi connectivity index (χ0) is 25.5. The van der Waals surface area contributed by atoms with Crippen molar-refractivity contribution in [1.82, 2.24) is 0 Å². The number of ether oxygens (including phenoxy) is 2. The smallest absolute Gasteiger partial charge is 0.381 e. The first-order valence-electron chi connectivity index (χ1n) is 12.5. The molecule has 6 nitrogen and oxygen atoms in total. The second-order valence-corrected chi connectivity index (χ2v) is 7.97. The van der Waals surface area contributed by atoms with Crippen LogP contribution in [0.25, 0.3) is 0 Å². The van der Waals surface area contributed by atoms with E-state index < -0.39 is 11.9 Å². The van der Waals surface area contributed by atoms with Gasteiger partial charge >= 0.3 is 11.9 Å². The second-order valence-electron chi connectivity index (χ2n) is 7.97. The summed E-state index contributed by atoms with van der Waals surface area (Å²) < 4.78 is 10.1. The van der Waals surface area contributed by atoms with E-state index in [1.807, 2.05) is 36.4 Å². The monoisotopic (exact) mass is 492 g/mol. The molecular weight excluding hydrogens is 456 g/mol.